The second-order valence-corrected chi connectivity index (χ2v) is 3.92. The van der Waals surface area contributed by atoms with Crippen molar-refractivity contribution in [2.75, 3.05) is 0 Å². The number of carbonyl (C=O) groups is 1. The van der Waals surface area contributed by atoms with Crippen LogP contribution >= 0.6 is 11.6 Å². The van der Waals surface area contributed by atoms with Gasteiger partial charge >= 0.3 is 5.97 Å². The van der Waals surface area contributed by atoms with Crippen LogP contribution in [-0.4, -0.2) is 11.1 Å². The summed E-state index contributed by atoms with van der Waals surface area (Å²) in [7, 11) is 0. The summed E-state index contributed by atoms with van der Waals surface area (Å²) in [6.07, 6.45) is 1.20. The Morgan fingerprint density at radius 3 is 2.57 bits per heavy atom. The highest BCUT2D eigenvalue weighted by Crippen LogP contribution is 2.48. The predicted molar refractivity (Wildman–Crippen MR) is 50.0 cm³/mol. The number of halogens is 2. The molecule has 4 heteroatoms. The predicted octanol–water partition coefficient (Wildman–Crippen LogP) is 2.60. The van der Waals surface area contributed by atoms with Crippen molar-refractivity contribution < 1.29 is 14.3 Å². The molecule has 1 fully saturated rings. The minimum absolute atomic E-state index is 0.0185. The van der Waals surface area contributed by atoms with Crippen LogP contribution in [0.25, 0.3) is 0 Å². The lowest BCUT2D eigenvalue weighted by molar-refractivity contribution is -0.140. The van der Waals surface area contributed by atoms with Crippen LogP contribution in [0.3, 0.4) is 0 Å². The summed E-state index contributed by atoms with van der Waals surface area (Å²) in [5.74, 6) is -1.38. The van der Waals surface area contributed by atoms with Gasteiger partial charge in [0.1, 0.15) is 5.82 Å². The maximum absolute atomic E-state index is 12.8. The van der Waals surface area contributed by atoms with E-state index in [2.05, 4.69) is 0 Å². The number of benzene rings is 1. The number of aliphatic carboxylic acids is 1. The minimum Gasteiger partial charge on any atom is -0.481 e. The SMILES string of the molecule is O=C(O)C1(c2ccc(F)c(Cl)c2)CC1. The van der Waals surface area contributed by atoms with Gasteiger partial charge in [0, 0.05) is 0 Å². The fourth-order valence-electron chi connectivity index (χ4n) is 1.54. The van der Waals surface area contributed by atoms with E-state index in [0.717, 1.165) is 0 Å². The molecule has 1 aromatic carbocycles. The van der Waals surface area contributed by atoms with Crippen molar-refractivity contribution in [3.8, 4) is 0 Å². The van der Waals surface area contributed by atoms with Gasteiger partial charge in [-0.15, -0.1) is 0 Å². The second-order valence-electron chi connectivity index (χ2n) is 3.52. The third-order valence-electron chi connectivity index (χ3n) is 2.63. The maximum atomic E-state index is 12.8. The molecular formula is C10H8ClFO2. The Labute approximate surface area is 85.3 Å². The zero-order valence-corrected chi connectivity index (χ0v) is 8.01. The van der Waals surface area contributed by atoms with Gasteiger partial charge < -0.3 is 5.11 Å². The molecule has 0 heterocycles. The third-order valence-corrected chi connectivity index (χ3v) is 2.92. The first-order chi connectivity index (χ1) is 6.56. The highest BCUT2D eigenvalue weighted by atomic mass is 35.5. The van der Waals surface area contributed by atoms with E-state index in [1.54, 1.807) is 0 Å². The van der Waals surface area contributed by atoms with Crippen molar-refractivity contribution in [1.29, 1.82) is 0 Å². The molecule has 2 rings (SSSR count). The monoisotopic (exact) mass is 214 g/mol. The lowest BCUT2D eigenvalue weighted by Gasteiger charge is -2.10. The van der Waals surface area contributed by atoms with Crippen molar-refractivity contribution >= 4 is 17.6 Å². The second kappa shape index (κ2) is 2.95. The molecule has 0 amide bonds. The molecule has 0 spiro atoms. The molecule has 1 aliphatic rings. The largest absolute Gasteiger partial charge is 0.481 e. The number of rotatable bonds is 2. The molecule has 0 aliphatic heterocycles. The highest BCUT2D eigenvalue weighted by molar-refractivity contribution is 6.30. The molecule has 0 bridgehead atoms. The first kappa shape index (κ1) is 9.46. The van der Waals surface area contributed by atoms with Gasteiger partial charge in [-0.3, -0.25) is 4.79 Å². The van der Waals surface area contributed by atoms with Crippen LogP contribution in [0.4, 0.5) is 4.39 Å². The molecule has 0 atom stereocenters. The molecule has 0 unspecified atom stereocenters. The Bertz CT molecular complexity index is 399. The Hall–Kier alpha value is -1.09. The van der Waals surface area contributed by atoms with Crippen molar-refractivity contribution in [2.24, 2.45) is 0 Å². The van der Waals surface area contributed by atoms with Gasteiger partial charge in [-0.1, -0.05) is 17.7 Å². The summed E-state index contributed by atoms with van der Waals surface area (Å²) in [4.78, 5) is 10.9. The van der Waals surface area contributed by atoms with Gasteiger partial charge in [-0.25, -0.2) is 4.39 Å². The molecular weight excluding hydrogens is 207 g/mol. The minimum atomic E-state index is -0.861. The highest BCUT2D eigenvalue weighted by Gasteiger charge is 2.51. The van der Waals surface area contributed by atoms with Gasteiger partial charge in [0.2, 0.25) is 0 Å². The van der Waals surface area contributed by atoms with Gasteiger partial charge in [-0.05, 0) is 30.5 Å². The third kappa shape index (κ3) is 1.28. The Balaban J connectivity index is 2.43. The summed E-state index contributed by atoms with van der Waals surface area (Å²) >= 11 is 5.58. The fraction of sp³-hybridized carbons (Fsp3) is 0.300. The smallest absolute Gasteiger partial charge is 0.314 e. The topological polar surface area (TPSA) is 37.3 Å². The number of hydrogen-bond acceptors (Lipinski definition) is 1. The zero-order valence-electron chi connectivity index (χ0n) is 7.26. The van der Waals surface area contributed by atoms with Crippen LogP contribution in [-0.2, 0) is 10.2 Å². The Morgan fingerprint density at radius 1 is 1.50 bits per heavy atom. The summed E-state index contributed by atoms with van der Waals surface area (Å²) in [5.41, 5.74) is -0.214. The molecule has 0 aromatic heterocycles. The lowest BCUT2D eigenvalue weighted by Crippen LogP contribution is -2.19. The molecule has 1 aliphatic carbocycles. The van der Waals surface area contributed by atoms with Crippen molar-refractivity contribution in [3.05, 3.63) is 34.6 Å². The lowest BCUT2D eigenvalue weighted by atomic mass is 9.96. The van der Waals surface area contributed by atoms with Crippen LogP contribution in [0, 0.1) is 5.82 Å². The molecule has 1 N–H and O–H groups in total. The molecule has 1 saturated carbocycles. The summed E-state index contributed by atoms with van der Waals surface area (Å²) < 4.78 is 12.8. The van der Waals surface area contributed by atoms with Crippen LogP contribution in [0.5, 0.6) is 0 Å². The van der Waals surface area contributed by atoms with E-state index < -0.39 is 17.2 Å². The van der Waals surface area contributed by atoms with Gasteiger partial charge in [-0.2, -0.15) is 0 Å². The van der Waals surface area contributed by atoms with E-state index in [1.807, 2.05) is 0 Å². The van der Waals surface area contributed by atoms with E-state index in [4.69, 9.17) is 16.7 Å². The number of hydrogen-bond donors (Lipinski definition) is 1. The van der Waals surface area contributed by atoms with Crippen molar-refractivity contribution in [1.82, 2.24) is 0 Å². The number of carboxylic acid groups (broad SMARTS) is 1. The van der Waals surface area contributed by atoms with Crippen molar-refractivity contribution in [2.45, 2.75) is 18.3 Å². The zero-order chi connectivity index (χ0) is 10.3. The van der Waals surface area contributed by atoms with Crippen LogP contribution in [0.15, 0.2) is 18.2 Å². The molecule has 14 heavy (non-hydrogen) atoms. The normalized spacial score (nSPS) is 17.9. The standard InChI is InChI=1S/C10H8ClFO2/c11-7-5-6(1-2-8(7)12)10(3-4-10)9(13)14/h1-2,5H,3-4H2,(H,13,14). The Kier molecular flexibility index (Phi) is 2.00. The van der Waals surface area contributed by atoms with E-state index >= 15 is 0 Å². The van der Waals surface area contributed by atoms with Crippen LogP contribution in [0.1, 0.15) is 18.4 Å². The average molecular weight is 215 g/mol. The fourth-order valence-corrected chi connectivity index (χ4v) is 1.73. The number of carboxylic acids is 1. The van der Waals surface area contributed by atoms with E-state index in [1.165, 1.54) is 18.2 Å². The maximum Gasteiger partial charge on any atom is 0.314 e. The molecule has 0 saturated heterocycles. The first-order valence-electron chi connectivity index (χ1n) is 4.25. The quantitative estimate of drug-likeness (QED) is 0.822. The Morgan fingerprint density at radius 2 is 2.14 bits per heavy atom. The molecule has 1 aromatic rings. The summed E-state index contributed by atoms with van der Waals surface area (Å²) in [6.45, 7) is 0. The van der Waals surface area contributed by atoms with E-state index in [0.29, 0.717) is 18.4 Å². The first-order valence-corrected chi connectivity index (χ1v) is 4.63. The van der Waals surface area contributed by atoms with Crippen molar-refractivity contribution in [3.63, 3.8) is 0 Å². The van der Waals surface area contributed by atoms with E-state index in [9.17, 15) is 9.18 Å². The van der Waals surface area contributed by atoms with Gasteiger partial charge in [0.25, 0.3) is 0 Å². The van der Waals surface area contributed by atoms with E-state index in [-0.39, 0.29) is 5.02 Å². The summed E-state index contributed by atoms with van der Waals surface area (Å²) in [6, 6.07) is 4.10. The molecule has 2 nitrogen and oxygen atoms in total. The average Bonchev–Trinajstić information content (AvgIpc) is 2.90. The van der Waals surface area contributed by atoms with Crippen LogP contribution < -0.4 is 0 Å². The molecule has 74 valence electrons. The van der Waals surface area contributed by atoms with Gasteiger partial charge in [0.05, 0.1) is 10.4 Å². The molecule has 0 radical (unpaired) electrons. The van der Waals surface area contributed by atoms with Gasteiger partial charge in [0.15, 0.2) is 0 Å². The van der Waals surface area contributed by atoms with Crippen LogP contribution in [0.2, 0.25) is 5.02 Å². The summed E-state index contributed by atoms with van der Waals surface area (Å²) in [5, 5.41) is 8.96.